The molecule has 1 aliphatic rings. The number of carbonyl (C=O) groups is 1. The Morgan fingerprint density at radius 3 is 2.79 bits per heavy atom. The van der Waals surface area contributed by atoms with E-state index in [2.05, 4.69) is 15.0 Å². The minimum Gasteiger partial charge on any atom is -0.378 e. The lowest BCUT2D eigenvalue weighted by atomic mass is 10.0. The van der Waals surface area contributed by atoms with Gasteiger partial charge in [0.15, 0.2) is 5.16 Å². The Bertz CT molecular complexity index is 1640. The predicted molar refractivity (Wildman–Crippen MR) is 127 cm³/mol. The van der Waals surface area contributed by atoms with Gasteiger partial charge in [-0.2, -0.15) is 0 Å². The van der Waals surface area contributed by atoms with E-state index in [4.69, 9.17) is 9.72 Å². The van der Waals surface area contributed by atoms with Gasteiger partial charge in [0.2, 0.25) is 0 Å². The molecule has 3 aromatic heterocycles. The maximum atomic E-state index is 14.0. The number of nitrogens with one attached hydrogen (secondary N) is 2. The van der Waals surface area contributed by atoms with Crippen molar-refractivity contribution in [1.82, 2.24) is 24.8 Å². The molecule has 34 heavy (non-hydrogen) atoms. The van der Waals surface area contributed by atoms with Gasteiger partial charge in [-0.3, -0.25) is 14.6 Å². The van der Waals surface area contributed by atoms with Crippen molar-refractivity contribution in [2.45, 2.75) is 10.1 Å². The number of hydrogen-bond acceptors (Lipinski definition) is 6. The van der Waals surface area contributed by atoms with E-state index >= 15 is 0 Å². The first kappa shape index (κ1) is 20.8. The van der Waals surface area contributed by atoms with Gasteiger partial charge in [0, 0.05) is 52.7 Å². The first-order chi connectivity index (χ1) is 16.6. The Morgan fingerprint density at radius 1 is 1.09 bits per heavy atom. The van der Waals surface area contributed by atoms with Crippen molar-refractivity contribution >= 4 is 50.2 Å². The monoisotopic (exact) mass is 475 g/mol. The number of carbonyl (C=O) groups excluding carboxylic acids is 1. The highest BCUT2D eigenvalue weighted by molar-refractivity contribution is 7.99. The van der Waals surface area contributed by atoms with Crippen LogP contribution in [0.3, 0.4) is 0 Å². The number of benzene rings is 2. The molecule has 2 N–H and O–H groups in total. The molecule has 0 saturated carbocycles. The second-order valence-corrected chi connectivity index (χ2v) is 9.03. The first-order valence-electron chi connectivity index (χ1n) is 10.7. The third-order valence-electron chi connectivity index (χ3n) is 5.89. The number of hydrogen-bond donors (Lipinski definition) is 2. The zero-order chi connectivity index (χ0) is 23.2. The number of imidazole rings is 1. The summed E-state index contributed by atoms with van der Waals surface area (Å²) in [7, 11) is 0. The summed E-state index contributed by atoms with van der Waals surface area (Å²) in [5, 5.41) is 2.83. The minimum atomic E-state index is -0.418. The Kier molecular flexibility index (Phi) is 5.04. The van der Waals surface area contributed by atoms with Crippen LogP contribution < -0.4 is 5.56 Å². The maximum absolute atomic E-state index is 14.0. The standard InChI is InChI=1S/C24H18FN5O3S/c25-14-1-2-16-18(10-14)19-17(3-4-27-22(19)31)21-20(16)28-24(29-21)34-15-9-13(11-26-12-15)23(32)30-5-7-33-8-6-30/h1-4,9-12H,5-8H2,(H,27,31)(H,28,29). The molecule has 5 aromatic rings. The molecular formula is C24H18FN5O3S. The third kappa shape index (κ3) is 3.51. The third-order valence-corrected chi connectivity index (χ3v) is 6.74. The van der Waals surface area contributed by atoms with Crippen molar-refractivity contribution in [2.75, 3.05) is 26.3 Å². The molecule has 0 radical (unpaired) electrons. The summed E-state index contributed by atoms with van der Waals surface area (Å²) < 4.78 is 19.4. The molecular weight excluding hydrogens is 457 g/mol. The number of ether oxygens (including phenoxy) is 1. The summed E-state index contributed by atoms with van der Waals surface area (Å²) in [6.07, 6.45) is 4.79. The lowest BCUT2D eigenvalue weighted by molar-refractivity contribution is 0.0302. The summed E-state index contributed by atoms with van der Waals surface area (Å²) in [6, 6.07) is 7.93. The molecule has 0 unspecified atom stereocenters. The number of amides is 1. The van der Waals surface area contributed by atoms with Crippen molar-refractivity contribution in [2.24, 2.45) is 0 Å². The van der Waals surface area contributed by atoms with E-state index in [0.717, 1.165) is 4.90 Å². The molecule has 1 saturated heterocycles. The van der Waals surface area contributed by atoms with Crippen LogP contribution in [0.1, 0.15) is 10.4 Å². The highest BCUT2D eigenvalue weighted by Crippen LogP contribution is 2.35. The van der Waals surface area contributed by atoms with Gasteiger partial charge in [-0.25, -0.2) is 9.37 Å². The zero-order valence-electron chi connectivity index (χ0n) is 17.8. The molecule has 2 aromatic carbocycles. The summed E-state index contributed by atoms with van der Waals surface area (Å²) in [4.78, 5) is 42.9. The number of aromatic amines is 2. The summed E-state index contributed by atoms with van der Waals surface area (Å²) in [6.45, 7) is 2.17. The summed E-state index contributed by atoms with van der Waals surface area (Å²) in [5.41, 5.74) is 1.53. The molecule has 1 aliphatic heterocycles. The minimum absolute atomic E-state index is 0.0823. The molecule has 0 atom stereocenters. The van der Waals surface area contributed by atoms with Gasteiger partial charge in [0.25, 0.3) is 11.5 Å². The van der Waals surface area contributed by atoms with Gasteiger partial charge in [0.1, 0.15) is 5.82 Å². The molecule has 0 spiro atoms. The molecule has 0 bridgehead atoms. The summed E-state index contributed by atoms with van der Waals surface area (Å²) >= 11 is 1.33. The van der Waals surface area contributed by atoms with E-state index in [1.165, 1.54) is 23.9 Å². The van der Waals surface area contributed by atoms with Crippen LogP contribution in [0, 0.1) is 5.82 Å². The quantitative estimate of drug-likeness (QED) is 0.386. The molecule has 4 heterocycles. The SMILES string of the molecule is O=C(c1cncc(Sc2nc3c4cc[nH]c(=O)c4c4cc(F)ccc4c3[nH]2)c1)N1CCOCC1. The molecule has 8 nitrogen and oxygen atoms in total. The van der Waals surface area contributed by atoms with Gasteiger partial charge >= 0.3 is 0 Å². The molecule has 170 valence electrons. The van der Waals surface area contributed by atoms with Crippen LogP contribution in [0.2, 0.25) is 0 Å². The molecule has 1 fully saturated rings. The Balaban J connectivity index is 1.43. The van der Waals surface area contributed by atoms with Crippen LogP contribution in [0.25, 0.3) is 32.6 Å². The number of aromatic nitrogens is 4. The predicted octanol–water partition coefficient (Wildman–Crippen LogP) is 3.72. The van der Waals surface area contributed by atoms with Crippen LogP contribution in [-0.2, 0) is 4.74 Å². The van der Waals surface area contributed by atoms with Gasteiger partial charge in [-0.15, -0.1) is 0 Å². The van der Waals surface area contributed by atoms with Crippen LogP contribution in [-0.4, -0.2) is 57.0 Å². The van der Waals surface area contributed by atoms with Crippen LogP contribution in [0.15, 0.2) is 63.8 Å². The lowest BCUT2D eigenvalue weighted by Gasteiger charge is -2.26. The second kappa shape index (κ2) is 8.23. The first-order valence-corrected chi connectivity index (χ1v) is 11.5. The smallest absolute Gasteiger partial charge is 0.256 e. The summed E-state index contributed by atoms with van der Waals surface area (Å²) in [5.74, 6) is -0.501. The van der Waals surface area contributed by atoms with E-state index in [9.17, 15) is 14.0 Å². The fourth-order valence-electron chi connectivity index (χ4n) is 4.33. The number of fused-ring (bicyclic) bond motifs is 6. The average molecular weight is 476 g/mol. The largest absolute Gasteiger partial charge is 0.378 e. The van der Waals surface area contributed by atoms with Crippen molar-refractivity contribution in [3.63, 3.8) is 0 Å². The average Bonchev–Trinajstić information content (AvgIpc) is 3.28. The highest BCUT2D eigenvalue weighted by atomic mass is 32.2. The van der Waals surface area contributed by atoms with E-state index in [1.807, 2.05) is 0 Å². The van der Waals surface area contributed by atoms with E-state index in [-0.39, 0.29) is 11.5 Å². The maximum Gasteiger partial charge on any atom is 0.256 e. The van der Waals surface area contributed by atoms with Crippen LogP contribution >= 0.6 is 11.8 Å². The number of halogens is 1. The number of morpholine rings is 1. The van der Waals surface area contributed by atoms with Crippen molar-refractivity contribution < 1.29 is 13.9 Å². The van der Waals surface area contributed by atoms with Gasteiger partial charge in [-0.05, 0) is 30.3 Å². The van der Waals surface area contributed by atoms with E-state index < -0.39 is 5.82 Å². The highest BCUT2D eigenvalue weighted by Gasteiger charge is 2.20. The molecule has 10 heteroatoms. The van der Waals surface area contributed by atoms with Crippen LogP contribution in [0.4, 0.5) is 4.39 Å². The van der Waals surface area contributed by atoms with Crippen molar-refractivity contribution in [3.05, 3.63) is 70.7 Å². The number of H-pyrrole nitrogens is 2. The van der Waals surface area contributed by atoms with Gasteiger partial charge < -0.3 is 19.6 Å². The Hall–Kier alpha value is -3.76. The molecule has 0 aliphatic carbocycles. The Morgan fingerprint density at radius 2 is 1.94 bits per heavy atom. The lowest BCUT2D eigenvalue weighted by Crippen LogP contribution is -2.40. The zero-order valence-corrected chi connectivity index (χ0v) is 18.6. The fraction of sp³-hybridized carbons (Fsp3) is 0.167. The molecule has 1 amide bonds. The topological polar surface area (TPSA) is 104 Å². The second-order valence-electron chi connectivity index (χ2n) is 7.97. The molecule has 6 rings (SSSR count). The van der Waals surface area contributed by atoms with Gasteiger partial charge in [0.05, 0.1) is 35.2 Å². The van der Waals surface area contributed by atoms with Crippen LogP contribution in [0.5, 0.6) is 0 Å². The number of pyridine rings is 2. The Labute approximate surface area is 196 Å². The van der Waals surface area contributed by atoms with E-state index in [0.29, 0.717) is 69.6 Å². The van der Waals surface area contributed by atoms with Crippen molar-refractivity contribution in [3.8, 4) is 0 Å². The normalized spacial score (nSPS) is 14.3. The number of nitrogens with zero attached hydrogens (tertiary/aromatic N) is 3. The van der Waals surface area contributed by atoms with Gasteiger partial charge in [-0.1, -0.05) is 11.8 Å². The van der Waals surface area contributed by atoms with Crippen molar-refractivity contribution in [1.29, 1.82) is 0 Å². The fourth-order valence-corrected chi connectivity index (χ4v) is 5.14. The van der Waals surface area contributed by atoms with E-state index in [1.54, 1.807) is 41.7 Å². The number of rotatable bonds is 3.